The van der Waals surface area contributed by atoms with E-state index in [0.717, 1.165) is 12.8 Å². The molecular formula is C20H24N2O4S. The quantitative estimate of drug-likeness (QED) is 0.791. The normalized spacial score (nSPS) is 15.1. The van der Waals surface area contributed by atoms with E-state index in [2.05, 4.69) is 5.32 Å². The Balaban J connectivity index is 1.79. The van der Waals surface area contributed by atoms with Crippen LogP contribution >= 0.6 is 0 Å². The average molecular weight is 388 g/mol. The summed E-state index contributed by atoms with van der Waals surface area (Å²) in [4.78, 5) is 12.4. The molecule has 0 bridgehead atoms. The molecule has 1 atom stereocenters. The van der Waals surface area contributed by atoms with Gasteiger partial charge in [-0.1, -0.05) is 12.1 Å². The Morgan fingerprint density at radius 3 is 2.37 bits per heavy atom. The second-order valence-corrected chi connectivity index (χ2v) is 8.74. The molecule has 0 aromatic heterocycles. The van der Waals surface area contributed by atoms with Gasteiger partial charge in [0.1, 0.15) is 5.75 Å². The minimum Gasteiger partial charge on any atom is -0.495 e. The van der Waals surface area contributed by atoms with Crippen LogP contribution in [0.3, 0.4) is 0 Å². The predicted molar refractivity (Wildman–Crippen MR) is 105 cm³/mol. The first-order valence-electron chi connectivity index (χ1n) is 8.87. The van der Waals surface area contributed by atoms with Gasteiger partial charge in [-0.2, -0.15) is 0 Å². The van der Waals surface area contributed by atoms with Crippen molar-refractivity contribution in [1.29, 1.82) is 0 Å². The summed E-state index contributed by atoms with van der Waals surface area (Å²) in [7, 11) is -0.799. The van der Waals surface area contributed by atoms with E-state index < -0.39 is 10.0 Å². The topological polar surface area (TPSA) is 75.7 Å². The third kappa shape index (κ3) is 4.08. The molecule has 3 rings (SSSR count). The van der Waals surface area contributed by atoms with Gasteiger partial charge in [0.15, 0.2) is 0 Å². The van der Waals surface area contributed by atoms with Crippen LogP contribution in [0.1, 0.15) is 30.1 Å². The Kier molecular flexibility index (Phi) is 5.41. The number of para-hydroxylation sites is 2. The van der Waals surface area contributed by atoms with E-state index in [1.54, 1.807) is 24.3 Å². The van der Waals surface area contributed by atoms with Crippen LogP contribution in [0.4, 0.5) is 5.69 Å². The van der Waals surface area contributed by atoms with Crippen LogP contribution in [-0.2, 0) is 10.0 Å². The zero-order valence-corrected chi connectivity index (χ0v) is 16.5. The van der Waals surface area contributed by atoms with Crippen LogP contribution in [0.2, 0.25) is 0 Å². The minimum absolute atomic E-state index is 0.114. The van der Waals surface area contributed by atoms with Crippen LogP contribution in [0, 0.1) is 5.92 Å². The third-order valence-electron chi connectivity index (χ3n) is 4.89. The van der Waals surface area contributed by atoms with Crippen molar-refractivity contribution in [2.75, 3.05) is 18.5 Å². The lowest BCUT2D eigenvalue weighted by atomic mass is 10.1. The van der Waals surface area contributed by atoms with Gasteiger partial charge < -0.3 is 10.1 Å². The molecule has 27 heavy (non-hydrogen) atoms. The molecule has 7 heteroatoms. The number of benzene rings is 2. The highest BCUT2D eigenvalue weighted by atomic mass is 32.2. The number of sulfonamides is 1. The Morgan fingerprint density at radius 2 is 1.78 bits per heavy atom. The van der Waals surface area contributed by atoms with Crippen molar-refractivity contribution < 1.29 is 17.9 Å². The molecule has 0 spiro atoms. The van der Waals surface area contributed by atoms with Gasteiger partial charge in [-0.25, -0.2) is 8.42 Å². The van der Waals surface area contributed by atoms with Crippen LogP contribution in [0.15, 0.2) is 53.4 Å². The van der Waals surface area contributed by atoms with Gasteiger partial charge >= 0.3 is 0 Å². The van der Waals surface area contributed by atoms with Gasteiger partial charge in [0.05, 0.1) is 17.7 Å². The monoisotopic (exact) mass is 388 g/mol. The van der Waals surface area contributed by atoms with Crippen LogP contribution in [-0.4, -0.2) is 34.5 Å². The highest BCUT2D eigenvalue weighted by molar-refractivity contribution is 7.92. The number of carbonyl (C=O) groups excluding carboxylic acids is 1. The summed E-state index contributed by atoms with van der Waals surface area (Å²) < 4.78 is 32.3. The van der Waals surface area contributed by atoms with Crippen LogP contribution in [0.25, 0.3) is 0 Å². The average Bonchev–Trinajstić information content (AvgIpc) is 3.52. The molecule has 0 heterocycles. The van der Waals surface area contributed by atoms with Gasteiger partial charge in [0.25, 0.3) is 15.9 Å². The standard InChI is InChI=1S/C20H24N2O4S/c1-14(15-8-9-15)21-20(23)16-10-12-17(13-11-16)27(24,25)22(2)18-6-4-5-7-19(18)26-3/h4-7,10-15H,8-9H2,1-3H3,(H,21,23)/t14-/m1/s1. The summed E-state index contributed by atoms with van der Waals surface area (Å²) in [6.07, 6.45) is 2.29. The smallest absolute Gasteiger partial charge is 0.264 e. The summed E-state index contributed by atoms with van der Waals surface area (Å²) >= 11 is 0. The number of rotatable bonds is 7. The van der Waals surface area contributed by atoms with Gasteiger partial charge in [-0.3, -0.25) is 9.10 Å². The number of carbonyl (C=O) groups is 1. The molecule has 1 aliphatic rings. The lowest BCUT2D eigenvalue weighted by Gasteiger charge is -2.21. The molecule has 2 aromatic rings. The second kappa shape index (κ2) is 7.60. The molecule has 6 nitrogen and oxygen atoms in total. The highest BCUT2D eigenvalue weighted by Gasteiger charge is 2.29. The maximum atomic E-state index is 12.9. The first-order chi connectivity index (χ1) is 12.8. The van der Waals surface area contributed by atoms with Crippen LogP contribution < -0.4 is 14.4 Å². The molecule has 1 amide bonds. The van der Waals surface area contributed by atoms with E-state index in [1.807, 2.05) is 6.92 Å². The zero-order valence-electron chi connectivity index (χ0n) is 15.7. The number of ether oxygens (including phenoxy) is 1. The number of hydrogen-bond acceptors (Lipinski definition) is 4. The first kappa shape index (κ1) is 19.2. The van der Waals surface area contributed by atoms with Crippen molar-refractivity contribution in [2.45, 2.75) is 30.7 Å². The Labute approximate surface area is 160 Å². The molecule has 1 aliphatic carbocycles. The van der Waals surface area contributed by atoms with Crippen molar-refractivity contribution >= 4 is 21.6 Å². The molecule has 1 saturated carbocycles. The van der Waals surface area contributed by atoms with Crippen LogP contribution in [0.5, 0.6) is 5.75 Å². The molecular weight excluding hydrogens is 364 g/mol. The van der Waals surface area contributed by atoms with E-state index in [0.29, 0.717) is 22.9 Å². The summed E-state index contributed by atoms with van der Waals surface area (Å²) in [5.41, 5.74) is 0.890. The molecule has 1 fully saturated rings. The molecule has 0 radical (unpaired) electrons. The summed E-state index contributed by atoms with van der Waals surface area (Å²) in [6, 6.07) is 13.0. The number of nitrogens with one attached hydrogen (secondary N) is 1. The summed E-state index contributed by atoms with van der Waals surface area (Å²) in [6.45, 7) is 2.00. The molecule has 0 saturated heterocycles. The maximum Gasteiger partial charge on any atom is 0.264 e. The summed E-state index contributed by atoms with van der Waals surface area (Å²) in [5.74, 6) is 0.841. The fourth-order valence-corrected chi connectivity index (χ4v) is 4.17. The zero-order chi connectivity index (χ0) is 19.6. The number of amides is 1. The summed E-state index contributed by atoms with van der Waals surface area (Å²) in [5, 5.41) is 2.96. The largest absolute Gasteiger partial charge is 0.495 e. The van der Waals surface area contributed by atoms with Crippen molar-refractivity contribution in [3.63, 3.8) is 0 Å². The Morgan fingerprint density at radius 1 is 1.15 bits per heavy atom. The number of anilines is 1. The van der Waals surface area contributed by atoms with E-state index in [1.165, 1.54) is 42.7 Å². The maximum absolute atomic E-state index is 12.9. The molecule has 1 N–H and O–H groups in total. The Bertz CT molecular complexity index is 921. The van der Waals surface area contributed by atoms with Crippen molar-refractivity contribution in [3.8, 4) is 5.75 Å². The SMILES string of the molecule is COc1ccccc1N(C)S(=O)(=O)c1ccc(C(=O)N[C@H](C)C2CC2)cc1. The van der Waals surface area contributed by atoms with E-state index in [-0.39, 0.29) is 16.8 Å². The number of nitrogens with zero attached hydrogens (tertiary/aromatic N) is 1. The highest BCUT2D eigenvalue weighted by Crippen LogP contribution is 2.33. The Hall–Kier alpha value is -2.54. The van der Waals surface area contributed by atoms with Crippen molar-refractivity contribution in [3.05, 3.63) is 54.1 Å². The molecule has 0 aliphatic heterocycles. The second-order valence-electron chi connectivity index (χ2n) is 6.77. The lowest BCUT2D eigenvalue weighted by molar-refractivity contribution is 0.0935. The van der Waals surface area contributed by atoms with Gasteiger partial charge in [-0.05, 0) is 62.1 Å². The fourth-order valence-electron chi connectivity index (χ4n) is 2.96. The van der Waals surface area contributed by atoms with Gasteiger partial charge in [-0.15, -0.1) is 0 Å². The number of hydrogen-bond donors (Lipinski definition) is 1. The minimum atomic E-state index is -3.77. The molecule has 0 unspecified atom stereocenters. The number of methoxy groups -OCH3 is 1. The van der Waals surface area contributed by atoms with Crippen molar-refractivity contribution in [2.24, 2.45) is 5.92 Å². The van der Waals surface area contributed by atoms with E-state index in [4.69, 9.17) is 4.74 Å². The predicted octanol–water partition coefficient (Wildman–Crippen LogP) is 3.05. The van der Waals surface area contributed by atoms with Crippen molar-refractivity contribution in [1.82, 2.24) is 5.32 Å². The lowest BCUT2D eigenvalue weighted by Crippen LogP contribution is -2.34. The third-order valence-corrected chi connectivity index (χ3v) is 6.67. The van der Waals surface area contributed by atoms with E-state index >= 15 is 0 Å². The first-order valence-corrected chi connectivity index (χ1v) is 10.3. The van der Waals surface area contributed by atoms with E-state index in [9.17, 15) is 13.2 Å². The van der Waals surface area contributed by atoms with Gasteiger partial charge in [0.2, 0.25) is 0 Å². The molecule has 2 aromatic carbocycles. The van der Waals surface area contributed by atoms with Gasteiger partial charge in [0, 0.05) is 18.7 Å². The molecule has 144 valence electrons. The fraction of sp³-hybridized carbons (Fsp3) is 0.350.